The molecule has 0 radical (unpaired) electrons. The topological polar surface area (TPSA) is 38.8 Å². The van der Waals surface area contributed by atoms with Gasteiger partial charge in [0.2, 0.25) is 0 Å². The Labute approximate surface area is 200 Å². The van der Waals surface area contributed by atoms with Crippen LogP contribution in [0.4, 0.5) is 0 Å². The highest BCUT2D eigenvalue weighted by Gasteiger charge is 2.40. The molecule has 0 fully saturated rings. The van der Waals surface area contributed by atoms with Crippen LogP contribution in [0.3, 0.4) is 0 Å². The molecule has 5 heteroatoms. The number of hydrogen-bond acceptors (Lipinski definition) is 3. The standard InChI is InChI=1S/C28H39NO3Si/c1-28(2,3)33(4,5)32-25-18-12-13-19-26(31-22-24-16-10-7-11-17-24)27(30)29(21-25)20-23-14-8-6-9-15-23/h6-17,25-26H,18-22H2,1-5H3/b13-12+/t25-,26-/m1/s1. The average molecular weight is 466 g/mol. The Morgan fingerprint density at radius 3 is 2.09 bits per heavy atom. The number of hydrogen-bond donors (Lipinski definition) is 0. The summed E-state index contributed by atoms with van der Waals surface area (Å²) in [5, 5.41) is 0.116. The molecule has 1 aliphatic rings. The molecule has 178 valence electrons. The van der Waals surface area contributed by atoms with Crippen molar-refractivity contribution >= 4 is 14.2 Å². The lowest BCUT2D eigenvalue weighted by Gasteiger charge is -2.40. The molecule has 3 rings (SSSR count). The lowest BCUT2D eigenvalue weighted by Crippen LogP contribution is -2.49. The third-order valence-electron chi connectivity index (χ3n) is 6.70. The zero-order valence-electron chi connectivity index (χ0n) is 20.8. The van der Waals surface area contributed by atoms with Gasteiger partial charge in [0.15, 0.2) is 8.32 Å². The van der Waals surface area contributed by atoms with E-state index >= 15 is 0 Å². The molecule has 0 aromatic heterocycles. The first-order valence-corrected chi connectivity index (χ1v) is 14.9. The Morgan fingerprint density at radius 1 is 0.909 bits per heavy atom. The molecule has 0 N–H and O–H groups in total. The molecule has 4 nitrogen and oxygen atoms in total. The number of amides is 1. The molecule has 0 unspecified atom stereocenters. The summed E-state index contributed by atoms with van der Waals surface area (Å²) in [6.45, 7) is 12.9. The van der Waals surface area contributed by atoms with Crippen molar-refractivity contribution in [2.24, 2.45) is 0 Å². The Morgan fingerprint density at radius 2 is 1.48 bits per heavy atom. The van der Waals surface area contributed by atoms with Crippen LogP contribution >= 0.6 is 0 Å². The van der Waals surface area contributed by atoms with Crippen molar-refractivity contribution in [1.29, 1.82) is 0 Å². The van der Waals surface area contributed by atoms with E-state index in [4.69, 9.17) is 9.16 Å². The van der Waals surface area contributed by atoms with Crippen LogP contribution in [0.1, 0.15) is 44.7 Å². The molecule has 0 bridgehead atoms. The van der Waals surface area contributed by atoms with Crippen molar-refractivity contribution in [3.05, 3.63) is 83.9 Å². The van der Waals surface area contributed by atoms with E-state index in [2.05, 4.69) is 58.2 Å². The zero-order valence-corrected chi connectivity index (χ0v) is 21.8. The Hall–Kier alpha value is -2.21. The second-order valence-corrected chi connectivity index (χ2v) is 15.2. The lowest BCUT2D eigenvalue weighted by atomic mass is 10.1. The van der Waals surface area contributed by atoms with Gasteiger partial charge in [-0.2, -0.15) is 0 Å². The minimum absolute atomic E-state index is 0.0253. The van der Waals surface area contributed by atoms with E-state index in [0.29, 0.717) is 26.1 Å². The summed E-state index contributed by atoms with van der Waals surface area (Å²) in [7, 11) is -1.97. The molecule has 0 aliphatic carbocycles. The second kappa shape index (κ2) is 11.3. The SMILES string of the molecule is CC(C)(C)[Si](C)(C)O[C@@H]1C/C=C/C[C@@H](OCc2ccccc2)C(=O)N(Cc2ccccc2)C1. The molecule has 33 heavy (non-hydrogen) atoms. The monoisotopic (exact) mass is 465 g/mol. The van der Waals surface area contributed by atoms with E-state index in [1.54, 1.807) is 0 Å². The maximum absolute atomic E-state index is 13.7. The Balaban J connectivity index is 1.80. The fourth-order valence-corrected chi connectivity index (χ4v) is 5.08. The predicted octanol–water partition coefficient (Wildman–Crippen LogP) is 6.34. The van der Waals surface area contributed by atoms with Crippen LogP contribution in [0.15, 0.2) is 72.8 Å². The van der Waals surface area contributed by atoms with Crippen LogP contribution in [0.5, 0.6) is 0 Å². The van der Waals surface area contributed by atoms with Gasteiger partial charge >= 0.3 is 0 Å². The summed E-state index contributed by atoms with van der Waals surface area (Å²) in [6.07, 6.45) is 5.09. The largest absolute Gasteiger partial charge is 0.412 e. The van der Waals surface area contributed by atoms with Gasteiger partial charge in [0.05, 0.1) is 12.7 Å². The van der Waals surface area contributed by atoms with Crippen molar-refractivity contribution in [3.63, 3.8) is 0 Å². The third kappa shape index (κ3) is 7.39. The number of ether oxygens (including phenoxy) is 1. The van der Waals surface area contributed by atoms with E-state index in [1.165, 1.54) is 0 Å². The Bertz CT molecular complexity index is 906. The van der Waals surface area contributed by atoms with E-state index in [-0.39, 0.29) is 17.0 Å². The van der Waals surface area contributed by atoms with Gasteiger partial charge < -0.3 is 14.1 Å². The molecule has 0 saturated carbocycles. The molecule has 1 aliphatic heterocycles. The highest BCUT2D eigenvalue weighted by Crippen LogP contribution is 2.38. The highest BCUT2D eigenvalue weighted by molar-refractivity contribution is 6.74. The van der Waals surface area contributed by atoms with Crippen molar-refractivity contribution in [1.82, 2.24) is 4.90 Å². The molecular formula is C28H39NO3Si. The molecule has 2 aromatic carbocycles. The van der Waals surface area contributed by atoms with Gasteiger partial charge in [-0.1, -0.05) is 93.6 Å². The molecular weight excluding hydrogens is 426 g/mol. The maximum Gasteiger partial charge on any atom is 0.252 e. The van der Waals surface area contributed by atoms with Crippen molar-refractivity contribution in [3.8, 4) is 0 Å². The molecule has 2 aromatic rings. The highest BCUT2D eigenvalue weighted by atomic mass is 28.4. The first-order chi connectivity index (χ1) is 15.7. The van der Waals surface area contributed by atoms with Gasteiger partial charge in [0.1, 0.15) is 6.10 Å². The quantitative estimate of drug-likeness (QED) is 0.354. The van der Waals surface area contributed by atoms with Crippen molar-refractivity contribution < 1.29 is 14.0 Å². The molecule has 1 amide bonds. The van der Waals surface area contributed by atoms with Crippen LogP contribution < -0.4 is 0 Å². The molecule has 1 heterocycles. The lowest BCUT2D eigenvalue weighted by molar-refractivity contribution is -0.146. The van der Waals surface area contributed by atoms with Crippen LogP contribution in [0.2, 0.25) is 18.1 Å². The fourth-order valence-electron chi connectivity index (χ4n) is 3.72. The third-order valence-corrected chi connectivity index (χ3v) is 11.2. The van der Waals surface area contributed by atoms with Crippen molar-refractivity contribution in [2.75, 3.05) is 6.54 Å². The van der Waals surface area contributed by atoms with Gasteiger partial charge in [-0.05, 0) is 35.7 Å². The minimum Gasteiger partial charge on any atom is -0.412 e. The van der Waals surface area contributed by atoms with Crippen LogP contribution in [0.25, 0.3) is 0 Å². The van der Waals surface area contributed by atoms with Gasteiger partial charge in [-0.3, -0.25) is 4.79 Å². The number of benzene rings is 2. The van der Waals surface area contributed by atoms with Crippen molar-refractivity contribution in [2.45, 2.75) is 77.1 Å². The molecule has 2 atom stereocenters. The maximum atomic E-state index is 13.7. The van der Waals surface area contributed by atoms with Gasteiger partial charge in [0.25, 0.3) is 5.91 Å². The summed E-state index contributed by atoms with van der Waals surface area (Å²) >= 11 is 0. The summed E-state index contributed by atoms with van der Waals surface area (Å²) in [4.78, 5) is 15.6. The van der Waals surface area contributed by atoms with Crippen LogP contribution in [-0.4, -0.2) is 37.9 Å². The summed E-state index contributed by atoms with van der Waals surface area (Å²) in [6, 6.07) is 20.2. The first-order valence-electron chi connectivity index (χ1n) is 12.0. The number of carbonyl (C=O) groups excluding carboxylic acids is 1. The summed E-state index contributed by atoms with van der Waals surface area (Å²) in [5.74, 6) is 0.0326. The summed E-state index contributed by atoms with van der Waals surface area (Å²) in [5.41, 5.74) is 2.19. The molecule has 0 saturated heterocycles. The number of rotatable bonds is 7. The normalized spacial score (nSPS) is 21.2. The first kappa shape index (κ1) is 25.4. The van der Waals surface area contributed by atoms with Crippen LogP contribution in [0, 0.1) is 0 Å². The van der Waals surface area contributed by atoms with Gasteiger partial charge in [0, 0.05) is 19.5 Å². The number of nitrogens with zero attached hydrogens (tertiary/aromatic N) is 1. The predicted molar refractivity (Wildman–Crippen MR) is 137 cm³/mol. The minimum atomic E-state index is -1.97. The van der Waals surface area contributed by atoms with Gasteiger partial charge in [-0.25, -0.2) is 0 Å². The fraction of sp³-hybridized carbons (Fsp3) is 0.464. The van der Waals surface area contributed by atoms with E-state index in [0.717, 1.165) is 17.5 Å². The summed E-state index contributed by atoms with van der Waals surface area (Å²) < 4.78 is 12.9. The van der Waals surface area contributed by atoms with E-state index < -0.39 is 14.4 Å². The second-order valence-electron chi connectivity index (χ2n) is 10.4. The zero-order chi connectivity index (χ0) is 23.9. The van der Waals surface area contributed by atoms with E-state index in [9.17, 15) is 4.79 Å². The van der Waals surface area contributed by atoms with E-state index in [1.807, 2.05) is 53.4 Å². The average Bonchev–Trinajstić information content (AvgIpc) is 2.83. The van der Waals surface area contributed by atoms with Crippen LogP contribution in [-0.2, 0) is 27.1 Å². The van der Waals surface area contributed by atoms with Gasteiger partial charge in [-0.15, -0.1) is 0 Å². The molecule has 0 spiro atoms. The number of carbonyl (C=O) groups is 1. The smallest absolute Gasteiger partial charge is 0.252 e. The Kier molecular flexibility index (Phi) is 8.68.